The third-order valence-corrected chi connectivity index (χ3v) is 3.72. The highest BCUT2D eigenvalue weighted by molar-refractivity contribution is 6.06. The van der Waals surface area contributed by atoms with Crippen LogP contribution in [0.25, 0.3) is 11.3 Å². The molecular formula is C18H14F3N3O. The lowest BCUT2D eigenvalue weighted by Crippen LogP contribution is -2.13. The molecule has 0 unspecified atom stereocenters. The molecule has 0 aliphatic heterocycles. The summed E-state index contributed by atoms with van der Waals surface area (Å²) in [5, 5.41) is 9.68. The van der Waals surface area contributed by atoms with Gasteiger partial charge in [-0.2, -0.15) is 18.3 Å². The molecule has 7 heteroatoms. The lowest BCUT2D eigenvalue weighted by Gasteiger charge is -2.09. The molecule has 0 saturated heterocycles. The Hall–Kier alpha value is -3.09. The Bertz CT molecular complexity index is 884. The first-order valence-electron chi connectivity index (χ1n) is 7.45. The summed E-state index contributed by atoms with van der Waals surface area (Å²) in [7, 11) is 0. The minimum absolute atomic E-state index is 0.132. The Balaban J connectivity index is 1.86. The van der Waals surface area contributed by atoms with Crippen LogP contribution in [0.5, 0.6) is 0 Å². The third-order valence-electron chi connectivity index (χ3n) is 3.72. The standard InChI is InChI=1S/C18H14F3N3O/c1-11-15(16(24-23-11)12-5-3-2-4-6-12)22-17(25)13-7-9-14(10-8-13)18(19,20)21/h2-10H,1H3,(H,22,25)(H,23,24). The van der Waals surface area contributed by atoms with Gasteiger partial charge in [0.1, 0.15) is 0 Å². The van der Waals surface area contributed by atoms with E-state index in [1.807, 2.05) is 30.3 Å². The van der Waals surface area contributed by atoms with Crippen LogP contribution < -0.4 is 5.32 Å². The van der Waals surface area contributed by atoms with Crippen molar-refractivity contribution in [1.29, 1.82) is 0 Å². The number of nitrogens with one attached hydrogen (secondary N) is 2. The molecule has 1 aromatic heterocycles. The van der Waals surface area contributed by atoms with Crippen molar-refractivity contribution in [3.8, 4) is 11.3 Å². The fourth-order valence-corrected chi connectivity index (χ4v) is 2.40. The predicted molar refractivity (Wildman–Crippen MR) is 88.2 cm³/mol. The van der Waals surface area contributed by atoms with Gasteiger partial charge in [0.25, 0.3) is 5.91 Å². The Kier molecular flexibility index (Phi) is 4.31. The molecule has 0 aliphatic carbocycles. The second kappa shape index (κ2) is 6.43. The second-order valence-electron chi connectivity index (χ2n) is 5.45. The van der Waals surface area contributed by atoms with Gasteiger partial charge in [0.2, 0.25) is 0 Å². The number of halogens is 3. The van der Waals surface area contributed by atoms with Gasteiger partial charge in [-0.25, -0.2) is 0 Å². The van der Waals surface area contributed by atoms with Gasteiger partial charge in [-0.05, 0) is 31.2 Å². The Morgan fingerprint density at radius 1 is 1.04 bits per heavy atom. The van der Waals surface area contributed by atoms with E-state index in [1.165, 1.54) is 0 Å². The quantitative estimate of drug-likeness (QED) is 0.725. The highest BCUT2D eigenvalue weighted by Crippen LogP contribution is 2.30. The number of H-pyrrole nitrogens is 1. The molecule has 0 radical (unpaired) electrons. The number of aryl methyl sites for hydroxylation is 1. The van der Waals surface area contributed by atoms with Crippen molar-refractivity contribution in [3.05, 3.63) is 71.4 Å². The van der Waals surface area contributed by atoms with Crippen molar-refractivity contribution in [1.82, 2.24) is 10.2 Å². The minimum atomic E-state index is -4.43. The molecule has 128 valence electrons. The number of hydrogen-bond acceptors (Lipinski definition) is 2. The minimum Gasteiger partial charge on any atom is -0.319 e. The fourth-order valence-electron chi connectivity index (χ4n) is 2.40. The molecule has 0 spiro atoms. The monoisotopic (exact) mass is 345 g/mol. The van der Waals surface area contributed by atoms with Gasteiger partial charge < -0.3 is 5.32 Å². The zero-order valence-electron chi connectivity index (χ0n) is 13.2. The Morgan fingerprint density at radius 2 is 1.68 bits per heavy atom. The van der Waals surface area contributed by atoms with E-state index >= 15 is 0 Å². The van der Waals surface area contributed by atoms with Crippen molar-refractivity contribution in [2.24, 2.45) is 0 Å². The number of alkyl halides is 3. The van der Waals surface area contributed by atoms with Gasteiger partial charge >= 0.3 is 6.18 Å². The number of hydrogen-bond donors (Lipinski definition) is 2. The number of amides is 1. The van der Waals surface area contributed by atoms with Crippen LogP contribution in [0.2, 0.25) is 0 Å². The molecule has 2 aromatic carbocycles. The maximum atomic E-state index is 12.6. The first-order valence-corrected chi connectivity index (χ1v) is 7.45. The normalized spacial score (nSPS) is 11.4. The van der Waals surface area contributed by atoms with Crippen molar-refractivity contribution in [2.45, 2.75) is 13.1 Å². The summed E-state index contributed by atoms with van der Waals surface area (Å²) in [5.74, 6) is -0.504. The predicted octanol–water partition coefficient (Wildman–Crippen LogP) is 4.66. The van der Waals surface area contributed by atoms with Gasteiger partial charge in [-0.15, -0.1) is 0 Å². The average Bonchev–Trinajstić information content (AvgIpc) is 2.96. The smallest absolute Gasteiger partial charge is 0.319 e. The average molecular weight is 345 g/mol. The molecule has 1 heterocycles. The van der Waals surface area contributed by atoms with Crippen LogP contribution in [0, 0.1) is 6.92 Å². The highest BCUT2D eigenvalue weighted by atomic mass is 19.4. The van der Waals surface area contributed by atoms with Gasteiger partial charge in [0.05, 0.1) is 22.6 Å². The molecule has 0 fully saturated rings. The molecular weight excluding hydrogens is 331 g/mol. The number of benzene rings is 2. The number of carbonyl (C=O) groups is 1. The molecule has 3 rings (SSSR count). The molecule has 0 bridgehead atoms. The van der Waals surface area contributed by atoms with Crippen molar-refractivity contribution >= 4 is 11.6 Å². The van der Waals surface area contributed by atoms with Gasteiger partial charge in [0, 0.05) is 11.1 Å². The molecule has 25 heavy (non-hydrogen) atoms. The van der Waals surface area contributed by atoms with Gasteiger partial charge in [-0.3, -0.25) is 9.89 Å². The SMILES string of the molecule is Cc1n[nH]c(-c2ccccc2)c1NC(=O)c1ccc(C(F)(F)F)cc1. The molecule has 0 saturated carbocycles. The first-order chi connectivity index (χ1) is 11.9. The van der Waals surface area contributed by atoms with E-state index < -0.39 is 17.6 Å². The summed E-state index contributed by atoms with van der Waals surface area (Å²) in [5.41, 5.74) is 1.89. The number of aromatic nitrogens is 2. The lowest BCUT2D eigenvalue weighted by atomic mass is 10.1. The van der Waals surface area contributed by atoms with E-state index in [2.05, 4.69) is 15.5 Å². The van der Waals surface area contributed by atoms with Crippen molar-refractivity contribution in [3.63, 3.8) is 0 Å². The Labute approximate surface area is 141 Å². The molecule has 2 N–H and O–H groups in total. The van der Waals surface area contributed by atoms with Crippen LogP contribution in [-0.4, -0.2) is 16.1 Å². The second-order valence-corrected chi connectivity index (χ2v) is 5.45. The number of anilines is 1. The summed E-state index contributed by atoms with van der Waals surface area (Å²) >= 11 is 0. The summed E-state index contributed by atoms with van der Waals surface area (Å²) in [4.78, 5) is 12.4. The Morgan fingerprint density at radius 3 is 2.28 bits per heavy atom. The molecule has 0 atom stereocenters. The maximum absolute atomic E-state index is 12.6. The number of aromatic amines is 1. The van der Waals surface area contributed by atoms with Crippen molar-refractivity contribution in [2.75, 3.05) is 5.32 Å². The van der Waals surface area contributed by atoms with Gasteiger partial charge in [0.15, 0.2) is 0 Å². The van der Waals surface area contributed by atoms with Crippen LogP contribution in [0.15, 0.2) is 54.6 Å². The van der Waals surface area contributed by atoms with E-state index in [1.54, 1.807) is 6.92 Å². The van der Waals surface area contributed by atoms with Crippen LogP contribution in [-0.2, 0) is 6.18 Å². The van der Waals surface area contributed by atoms with Crippen LogP contribution in [0.4, 0.5) is 18.9 Å². The van der Waals surface area contributed by atoms with E-state index in [9.17, 15) is 18.0 Å². The summed E-state index contributed by atoms with van der Waals surface area (Å²) in [6.45, 7) is 1.73. The first kappa shape index (κ1) is 16.8. The number of rotatable bonds is 3. The zero-order valence-corrected chi connectivity index (χ0v) is 13.2. The number of nitrogens with zero attached hydrogens (tertiary/aromatic N) is 1. The molecule has 4 nitrogen and oxygen atoms in total. The van der Waals surface area contributed by atoms with Crippen LogP contribution in [0.3, 0.4) is 0 Å². The largest absolute Gasteiger partial charge is 0.416 e. The van der Waals surface area contributed by atoms with E-state index in [-0.39, 0.29) is 5.56 Å². The summed E-state index contributed by atoms with van der Waals surface area (Å²) in [6, 6.07) is 13.4. The maximum Gasteiger partial charge on any atom is 0.416 e. The van der Waals surface area contributed by atoms with E-state index in [0.717, 1.165) is 29.8 Å². The zero-order chi connectivity index (χ0) is 18.0. The lowest BCUT2D eigenvalue weighted by molar-refractivity contribution is -0.137. The number of carbonyl (C=O) groups excluding carboxylic acids is 1. The van der Waals surface area contributed by atoms with Crippen molar-refractivity contribution < 1.29 is 18.0 Å². The van der Waals surface area contributed by atoms with E-state index in [0.29, 0.717) is 17.1 Å². The highest BCUT2D eigenvalue weighted by Gasteiger charge is 2.30. The van der Waals surface area contributed by atoms with Crippen LogP contribution >= 0.6 is 0 Å². The van der Waals surface area contributed by atoms with Crippen LogP contribution in [0.1, 0.15) is 21.6 Å². The topological polar surface area (TPSA) is 57.8 Å². The fraction of sp³-hybridized carbons (Fsp3) is 0.111. The molecule has 3 aromatic rings. The summed E-state index contributed by atoms with van der Waals surface area (Å²) < 4.78 is 37.8. The summed E-state index contributed by atoms with van der Waals surface area (Å²) in [6.07, 6.45) is -4.43. The van der Waals surface area contributed by atoms with E-state index in [4.69, 9.17) is 0 Å². The van der Waals surface area contributed by atoms with Gasteiger partial charge in [-0.1, -0.05) is 30.3 Å². The molecule has 0 aliphatic rings. The third kappa shape index (κ3) is 3.55. The molecule has 1 amide bonds.